The lowest BCUT2D eigenvalue weighted by molar-refractivity contribution is -0.141. The molecule has 8 heteroatoms. The number of carbonyl (C=O) groups excluding carboxylic acids is 1. The first kappa shape index (κ1) is 13.3. The van der Waals surface area contributed by atoms with Crippen molar-refractivity contribution in [1.29, 1.82) is 0 Å². The smallest absolute Gasteiger partial charge is 0.416 e. The van der Waals surface area contributed by atoms with Crippen molar-refractivity contribution in [3.8, 4) is 0 Å². The molecule has 19 heavy (non-hydrogen) atoms. The molecule has 0 aromatic heterocycles. The zero-order chi connectivity index (χ0) is 14.0. The van der Waals surface area contributed by atoms with Crippen LogP contribution in [0, 0.1) is 0 Å². The van der Waals surface area contributed by atoms with Gasteiger partial charge in [-0.05, 0) is 24.3 Å². The fraction of sp³-hybridized carbons (Fsp3) is 0.364. The normalized spacial score (nSPS) is 18.7. The Balaban J connectivity index is 2.09. The van der Waals surface area contributed by atoms with Gasteiger partial charge in [0.15, 0.2) is 6.04 Å². The molecule has 1 heterocycles. The van der Waals surface area contributed by atoms with Crippen LogP contribution in [0.5, 0.6) is 0 Å². The standard InChI is InChI=1S/C11H10F3N3O2/c1-19-10(18)9-6-17(16-15-9)8-4-2-7(3-5-8)11(12,13)14/h2-5,9H,6H2,1H3. The number of halogens is 3. The molecule has 0 aliphatic carbocycles. The van der Waals surface area contributed by atoms with Crippen LogP contribution in [-0.4, -0.2) is 25.7 Å². The quantitative estimate of drug-likeness (QED) is 0.778. The van der Waals surface area contributed by atoms with E-state index in [-0.39, 0.29) is 6.54 Å². The van der Waals surface area contributed by atoms with Gasteiger partial charge in [0.1, 0.15) is 0 Å². The van der Waals surface area contributed by atoms with E-state index in [4.69, 9.17) is 0 Å². The molecule has 1 unspecified atom stereocenters. The van der Waals surface area contributed by atoms with E-state index in [1.807, 2.05) is 0 Å². The van der Waals surface area contributed by atoms with E-state index in [9.17, 15) is 18.0 Å². The predicted molar refractivity (Wildman–Crippen MR) is 59.5 cm³/mol. The molecule has 2 rings (SSSR count). The number of carbonyl (C=O) groups is 1. The third-order valence-electron chi connectivity index (χ3n) is 2.61. The number of alkyl halides is 3. The molecule has 1 atom stereocenters. The highest BCUT2D eigenvalue weighted by atomic mass is 19.4. The molecule has 0 fully saturated rings. The van der Waals surface area contributed by atoms with Crippen LogP contribution in [0.4, 0.5) is 18.9 Å². The number of anilines is 1. The van der Waals surface area contributed by atoms with Gasteiger partial charge in [-0.25, -0.2) is 9.80 Å². The third kappa shape index (κ3) is 2.83. The van der Waals surface area contributed by atoms with Crippen LogP contribution in [0.2, 0.25) is 0 Å². The maximum absolute atomic E-state index is 12.4. The topological polar surface area (TPSA) is 54.3 Å². The van der Waals surface area contributed by atoms with Crippen molar-refractivity contribution in [2.75, 3.05) is 18.7 Å². The Morgan fingerprint density at radius 1 is 1.37 bits per heavy atom. The summed E-state index contributed by atoms with van der Waals surface area (Å²) in [4.78, 5) is 11.2. The first-order chi connectivity index (χ1) is 8.91. The minimum atomic E-state index is -4.38. The molecule has 0 saturated heterocycles. The maximum Gasteiger partial charge on any atom is 0.416 e. The second kappa shape index (κ2) is 4.87. The number of benzene rings is 1. The highest BCUT2D eigenvalue weighted by molar-refractivity contribution is 5.77. The second-order valence-electron chi connectivity index (χ2n) is 3.87. The second-order valence-corrected chi connectivity index (χ2v) is 3.87. The lowest BCUT2D eigenvalue weighted by Gasteiger charge is -2.14. The molecule has 0 amide bonds. The van der Waals surface area contributed by atoms with Crippen molar-refractivity contribution in [3.63, 3.8) is 0 Å². The largest absolute Gasteiger partial charge is 0.467 e. The molecule has 1 aromatic rings. The Bertz CT molecular complexity index is 499. The number of rotatable bonds is 2. The summed E-state index contributed by atoms with van der Waals surface area (Å²) >= 11 is 0. The number of hydrogen-bond acceptors (Lipinski definition) is 5. The van der Waals surface area contributed by atoms with E-state index in [1.54, 1.807) is 0 Å². The van der Waals surface area contributed by atoms with Crippen LogP contribution < -0.4 is 5.01 Å². The van der Waals surface area contributed by atoms with Gasteiger partial charge < -0.3 is 4.74 Å². The zero-order valence-electron chi connectivity index (χ0n) is 9.89. The average molecular weight is 273 g/mol. The van der Waals surface area contributed by atoms with Crippen LogP contribution in [0.1, 0.15) is 5.56 Å². The molecule has 5 nitrogen and oxygen atoms in total. The highest BCUT2D eigenvalue weighted by Crippen LogP contribution is 2.31. The molecule has 0 N–H and O–H groups in total. The summed E-state index contributed by atoms with van der Waals surface area (Å²) in [5, 5.41) is 8.76. The monoisotopic (exact) mass is 273 g/mol. The van der Waals surface area contributed by atoms with Crippen molar-refractivity contribution < 1.29 is 22.7 Å². The number of methoxy groups -OCH3 is 1. The van der Waals surface area contributed by atoms with Gasteiger partial charge in [0, 0.05) is 0 Å². The first-order valence-corrected chi connectivity index (χ1v) is 5.35. The van der Waals surface area contributed by atoms with Gasteiger partial charge in [-0.15, -0.1) is 0 Å². The molecular weight excluding hydrogens is 263 g/mol. The van der Waals surface area contributed by atoms with Crippen molar-refractivity contribution in [3.05, 3.63) is 29.8 Å². The van der Waals surface area contributed by atoms with E-state index in [1.165, 1.54) is 24.3 Å². The first-order valence-electron chi connectivity index (χ1n) is 5.35. The van der Waals surface area contributed by atoms with E-state index >= 15 is 0 Å². The fourth-order valence-electron chi connectivity index (χ4n) is 1.60. The highest BCUT2D eigenvalue weighted by Gasteiger charge is 2.31. The summed E-state index contributed by atoms with van der Waals surface area (Å²) in [6, 6.07) is 3.72. The van der Waals surface area contributed by atoms with Crippen LogP contribution in [0.3, 0.4) is 0 Å². The zero-order valence-corrected chi connectivity index (χ0v) is 9.89. The Labute approximate surface area is 106 Å². The van der Waals surface area contributed by atoms with Gasteiger partial charge in [0.2, 0.25) is 0 Å². The number of ether oxygens (including phenoxy) is 1. The van der Waals surface area contributed by atoms with E-state index in [0.29, 0.717) is 5.69 Å². The molecule has 0 saturated carbocycles. The van der Waals surface area contributed by atoms with Crippen LogP contribution >= 0.6 is 0 Å². The molecule has 1 aliphatic rings. The van der Waals surface area contributed by atoms with Crippen LogP contribution in [-0.2, 0) is 15.7 Å². The van der Waals surface area contributed by atoms with Crippen LogP contribution in [0.25, 0.3) is 0 Å². The van der Waals surface area contributed by atoms with Gasteiger partial charge in [-0.2, -0.15) is 18.3 Å². The van der Waals surface area contributed by atoms with Crippen LogP contribution in [0.15, 0.2) is 34.6 Å². The summed E-state index contributed by atoms with van der Waals surface area (Å²) in [6.07, 6.45) is -4.38. The minimum absolute atomic E-state index is 0.151. The Hall–Kier alpha value is -2.12. The van der Waals surface area contributed by atoms with Crippen molar-refractivity contribution >= 4 is 11.7 Å². The molecule has 0 spiro atoms. The van der Waals surface area contributed by atoms with E-state index in [2.05, 4.69) is 15.1 Å². The average Bonchev–Trinajstić information content (AvgIpc) is 2.86. The van der Waals surface area contributed by atoms with Gasteiger partial charge in [0.05, 0.1) is 24.9 Å². The van der Waals surface area contributed by atoms with Gasteiger partial charge in [0.25, 0.3) is 0 Å². The summed E-state index contributed by atoms with van der Waals surface area (Å²) in [6.45, 7) is 0.151. The van der Waals surface area contributed by atoms with Gasteiger partial charge in [-0.3, -0.25) is 0 Å². The minimum Gasteiger partial charge on any atom is -0.467 e. The van der Waals surface area contributed by atoms with Crippen molar-refractivity contribution in [1.82, 2.24) is 0 Å². The summed E-state index contributed by atoms with van der Waals surface area (Å²) < 4.78 is 41.7. The Morgan fingerprint density at radius 3 is 2.53 bits per heavy atom. The summed E-state index contributed by atoms with van der Waals surface area (Å²) in [5.74, 6) is -0.529. The molecule has 1 aliphatic heterocycles. The van der Waals surface area contributed by atoms with E-state index < -0.39 is 23.8 Å². The maximum atomic E-state index is 12.4. The number of nitrogens with zero attached hydrogens (tertiary/aromatic N) is 3. The van der Waals surface area contributed by atoms with Gasteiger partial charge in [-0.1, -0.05) is 5.22 Å². The third-order valence-corrected chi connectivity index (χ3v) is 2.61. The molecule has 0 bridgehead atoms. The molecular formula is C11H10F3N3O2. The number of esters is 1. The summed E-state index contributed by atoms with van der Waals surface area (Å²) in [7, 11) is 1.23. The molecule has 0 radical (unpaired) electrons. The van der Waals surface area contributed by atoms with Gasteiger partial charge >= 0.3 is 12.1 Å². The lowest BCUT2D eigenvalue weighted by Crippen LogP contribution is -2.27. The van der Waals surface area contributed by atoms with E-state index in [0.717, 1.165) is 12.1 Å². The fourth-order valence-corrected chi connectivity index (χ4v) is 1.60. The summed E-state index contributed by atoms with van der Waals surface area (Å²) in [5.41, 5.74) is -0.306. The molecule has 102 valence electrons. The Kier molecular flexibility index (Phi) is 3.41. The van der Waals surface area contributed by atoms with Crippen molar-refractivity contribution in [2.24, 2.45) is 10.3 Å². The SMILES string of the molecule is COC(=O)C1CN(c2ccc(C(F)(F)F)cc2)N=N1. The van der Waals surface area contributed by atoms with Crippen molar-refractivity contribution in [2.45, 2.75) is 12.2 Å². The lowest BCUT2D eigenvalue weighted by atomic mass is 10.2. The molecule has 1 aromatic carbocycles. The predicted octanol–water partition coefficient (Wildman–Crippen LogP) is 2.43. The number of hydrogen-bond donors (Lipinski definition) is 0. The Morgan fingerprint density at radius 2 is 2.00 bits per heavy atom.